The molecule has 7 heteroatoms. The lowest BCUT2D eigenvalue weighted by Gasteiger charge is -2.35. The molecule has 1 fully saturated rings. The number of carbonyl (C=O) groups excluding carboxylic acids is 1. The van der Waals surface area contributed by atoms with Crippen LogP contribution in [0.5, 0.6) is 0 Å². The van der Waals surface area contributed by atoms with Gasteiger partial charge in [0.05, 0.1) is 11.7 Å². The van der Waals surface area contributed by atoms with Crippen LogP contribution in [-0.4, -0.2) is 41.9 Å². The summed E-state index contributed by atoms with van der Waals surface area (Å²) in [5, 5.41) is 6.62. The second kappa shape index (κ2) is 5.25. The fourth-order valence-electron chi connectivity index (χ4n) is 3.01. The number of H-pyrrole nitrogens is 1. The Bertz CT molecular complexity index is 793. The first-order valence-electron chi connectivity index (χ1n) is 7.43. The summed E-state index contributed by atoms with van der Waals surface area (Å²) in [6.45, 7) is 0.740. The van der Waals surface area contributed by atoms with E-state index in [-0.39, 0.29) is 11.9 Å². The number of aromatic amines is 1. The molecule has 1 aliphatic rings. The Morgan fingerprint density at radius 1 is 1.23 bits per heavy atom. The highest BCUT2D eigenvalue weighted by atomic mass is 16.2. The summed E-state index contributed by atoms with van der Waals surface area (Å²) >= 11 is 0. The second-order valence-electron chi connectivity index (χ2n) is 5.47. The first-order valence-corrected chi connectivity index (χ1v) is 7.43. The van der Waals surface area contributed by atoms with Gasteiger partial charge in [-0.2, -0.15) is 5.10 Å². The predicted octanol–water partition coefficient (Wildman–Crippen LogP) is 1.82. The van der Waals surface area contributed by atoms with Crippen LogP contribution in [-0.2, 0) is 0 Å². The topological polar surface area (TPSA) is 79.2 Å². The third-order valence-corrected chi connectivity index (χ3v) is 4.12. The Kier molecular flexibility index (Phi) is 3.10. The lowest BCUT2D eigenvalue weighted by Crippen LogP contribution is -2.39. The van der Waals surface area contributed by atoms with Gasteiger partial charge in [0.2, 0.25) is 5.78 Å². The molecular weight excluding hydrogens is 280 g/mol. The molecule has 22 heavy (non-hydrogen) atoms. The number of aromatic nitrogens is 5. The normalized spacial score (nSPS) is 18.7. The Labute approximate surface area is 127 Å². The maximum absolute atomic E-state index is 12.7. The van der Waals surface area contributed by atoms with Crippen molar-refractivity contribution in [2.45, 2.75) is 25.3 Å². The lowest BCUT2D eigenvalue weighted by molar-refractivity contribution is 0.0600. The average Bonchev–Trinajstić information content (AvgIpc) is 3.24. The highest BCUT2D eigenvalue weighted by Crippen LogP contribution is 2.30. The van der Waals surface area contributed by atoms with Gasteiger partial charge in [-0.3, -0.25) is 14.3 Å². The lowest BCUT2D eigenvalue weighted by atomic mass is 9.98. The molecule has 1 aliphatic heterocycles. The Morgan fingerprint density at radius 3 is 3.05 bits per heavy atom. The van der Waals surface area contributed by atoms with Crippen molar-refractivity contribution in [1.82, 2.24) is 29.5 Å². The van der Waals surface area contributed by atoms with Crippen LogP contribution in [0.25, 0.3) is 5.78 Å². The van der Waals surface area contributed by atoms with Crippen LogP contribution >= 0.6 is 0 Å². The number of nitrogens with zero attached hydrogens (tertiary/aromatic N) is 5. The van der Waals surface area contributed by atoms with Crippen LogP contribution < -0.4 is 0 Å². The molecule has 1 atom stereocenters. The smallest absolute Gasteiger partial charge is 0.272 e. The Morgan fingerprint density at radius 2 is 2.18 bits per heavy atom. The van der Waals surface area contributed by atoms with Crippen molar-refractivity contribution in [3.05, 3.63) is 48.3 Å². The molecule has 0 spiro atoms. The summed E-state index contributed by atoms with van der Waals surface area (Å²) in [5.41, 5.74) is 1.42. The van der Waals surface area contributed by atoms with Crippen LogP contribution in [0.2, 0.25) is 0 Å². The van der Waals surface area contributed by atoms with Crippen molar-refractivity contribution < 1.29 is 4.79 Å². The molecule has 0 radical (unpaired) electrons. The van der Waals surface area contributed by atoms with E-state index in [1.54, 1.807) is 18.5 Å². The molecule has 1 saturated heterocycles. The molecule has 7 nitrogen and oxygen atoms in total. The maximum atomic E-state index is 12.7. The van der Waals surface area contributed by atoms with Gasteiger partial charge in [0.1, 0.15) is 5.69 Å². The zero-order valence-electron chi connectivity index (χ0n) is 12.0. The van der Waals surface area contributed by atoms with Gasteiger partial charge in [-0.15, -0.1) is 0 Å². The molecule has 112 valence electrons. The van der Waals surface area contributed by atoms with E-state index in [4.69, 9.17) is 0 Å². The number of imidazole rings is 1. The zero-order chi connectivity index (χ0) is 14.9. The van der Waals surface area contributed by atoms with Crippen molar-refractivity contribution >= 4 is 11.7 Å². The molecule has 0 unspecified atom stereocenters. The number of rotatable bonds is 2. The minimum Gasteiger partial charge on any atom is -0.329 e. The van der Waals surface area contributed by atoms with Crippen molar-refractivity contribution in [2.24, 2.45) is 0 Å². The van der Waals surface area contributed by atoms with Crippen molar-refractivity contribution in [3.8, 4) is 0 Å². The fourth-order valence-corrected chi connectivity index (χ4v) is 3.01. The van der Waals surface area contributed by atoms with Gasteiger partial charge in [0, 0.05) is 31.3 Å². The van der Waals surface area contributed by atoms with E-state index in [1.165, 1.54) is 0 Å². The Hall–Kier alpha value is -2.70. The zero-order valence-corrected chi connectivity index (χ0v) is 12.0. The molecule has 0 saturated carbocycles. The van der Waals surface area contributed by atoms with E-state index in [0.717, 1.165) is 31.5 Å². The molecule has 4 heterocycles. The highest BCUT2D eigenvalue weighted by Gasteiger charge is 2.30. The summed E-state index contributed by atoms with van der Waals surface area (Å²) in [6, 6.07) is 3.67. The standard InChI is InChI=1S/C15H16N6O/c22-14(12-4-6-17-19-12)21-8-2-1-3-13(21)11-5-9-20-10-7-16-15(20)18-11/h4-7,9-10,13H,1-3,8H2,(H,17,19)/t13-/m1/s1. The molecule has 1 N–H and O–H groups in total. The third kappa shape index (κ3) is 2.14. The van der Waals surface area contributed by atoms with Crippen molar-refractivity contribution in [2.75, 3.05) is 6.54 Å². The van der Waals surface area contributed by atoms with Crippen LogP contribution in [0.1, 0.15) is 41.5 Å². The number of hydrogen-bond acceptors (Lipinski definition) is 4. The Balaban J connectivity index is 1.69. The third-order valence-electron chi connectivity index (χ3n) is 4.12. The number of nitrogens with one attached hydrogen (secondary N) is 1. The maximum Gasteiger partial charge on any atom is 0.272 e. The molecule has 0 bridgehead atoms. The minimum atomic E-state index is -0.0211. The molecule has 1 amide bonds. The van der Waals surface area contributed by atoms with Gasteiger partial charge in [-0.25, -0.2) is 9.97 Å². The molecule has 0 aliphatic carbocycles. The van der Waals surface area contributed by atoms with Crippen LogP contribution in [0.15, 0.2) is 36.9 Å². The summed E-state index contributed by atoms with van der Waals surface area (Å²) < 4.78 is 1.87. The van der Waals surface area contributed by atoms with Gasteiger partial charge in [-0.05, 0) is 31.4 Å². The number of amides is 1. The first kappa shape index (κ1) is 13.0. The number of carbonyl (C=O) groups is 1. The SMILES string of the molecule is O=C(c1ccn[nH]1)N1CCCC[C@@H]1c1ccn2ccnc2n1. The number of piperidine rings is 1. The largest absolute Gasteiger partial charge is 0.329 e. The fraction of sp³-hybridized carbons (Fsp3) is 0.333. The molecule has 3 aromatic heterocycles. The van der Waals surface area contributed by atoms with Gasteiger partial charge in [0.25, 0.3) is 5.91 Å². The number of likely N-dealkylation sites (tertiary alicyclic amines) is 1. The van der Waals surface area contributed by atoms with Crippen LogP contribution in [0, 0.1) is 0 Å². The van der Waals surface area contributed by atoms with E-state index >= 15 is 0 Å². The summed E-state index contributed by atoms with van der Waals surface area (Å²) in [5.74, 6) is 0.643. The van der Waals surface area contributed by atoms with Crippen LogP contribution in [0.3, 0.4) is 0 Å². The average molecular weight is 296 g/mol. The number of fused-ring (bicyclic) bond motifs is 1. The monoisotopic (exact) mass is 296 g/mol. The van der Waals surface area contributed by atoms with Gasteiger partial charge in [-0.1, -0.05) is 0 Å². The van der Waals surface area contributed by atoms with E-state index in [0.29, 0.717) is 11.5 Å². The van der Waals surface area contributed by atoms with Gasteiger partial charge in [0.15, 0.2) is 0 Å². The van der Waals surface area contributed by atoms with E-state index in [1.807, 2.05) is 27.8 Å². The van der Waals surface area contributed by atoms with E-state index < -0.39 is 0 Å². The molecule has 4 rings (SSSR count). The highest BCUT2D eigenvalue weighted by molar-refractivity contribution is 5.92. The molecule has 3 aromatic rings. The van der Waals surface area contributed by atoms with E-state index in [9.17, 15) is 4.79 Å². The van der Waals surface area contributed by atoms with Crippen molar-refractivity contribution in [3.63, 3.8) is 0 Å². The second-order valence-corrected chi connectivity index (χ2v) is 5.47. The van der Waals surface area contributed by atoms with E-state index in [2.05, 4.69) is 20.2 Å². The number of hydrogen-bond donors (Lipinski definition) is 1. The summed E-state index contributed by atoms with van der Waals surface area (Å²) in [4.78, 5) is 23.4. The van der Waals surface area contributed by atoms with Gasteiger partial charge < -0.3 is 4.90 Å². The predicted molar refractivity (Wildman–Crippen MR) is 79.2 cm³/mol. The summed E-state index contributed by atoms with van der Waals surface area (Å²) in [6.07, 6.45) is 10.2. The summed E-state index contributed by atoms with van der Waals surface area (Å²) in [7, 11) is 0. The van der Waals surface area contributed by atoms with Crippen molar-refractivity contribution in [1.29, 1.82) is 0 Å². The van der Waals surface area contributed by atoms with Gasteiger partial charge >= 0.3 is 0 Å². The first-order chi connectivity index (χ1) is 10.8. The quantitative estimate of drug-likeness (QED) is 0.782. The van der Waals surface area contributed by atoms with Crippen LogP contribution in [0.4, 0.5) is 0 Å². The minimum absolute atomic E-state index is 0.00810. The molecule has 0 aromatic carbocycles. The molecular formula is C15H16N6O.